The quantitative estimate of drug-likeness (QED) is 0.710. The summed E-state index contributed by atoms with van der Waals surface area (Å²) in [6.07, 6.45) is 3.31. The van der Waals surface area contributed by atoms with E-state index in [0.29, 0.717) is 17.9 Å². The first-order valence-corrected chi connectivity index (χ1v) is 8.11. The number of Topliss-reactive ketones (excluding diaryl/α,β-unsaturated/α-hetero) is 1. The number of carbonyl (C=O) groups is 1. The van der Waals surface area contributed by atoms with Crippen LogP contribution in [-0.4, -0.2) is 21.0 Å². The Morgan fingerprint density at radius 3 is 2.68 bits per heavy atom. The van der Waals surface area contributed by atoms with E-state index in [2.05, 4.69) is 10.1 Å². The van der Waals surface area contributed by atoms with E-state index in [-0.39, 0.29) is 11.6 Å². The smallest absolute Gasteiger partial charge is 0.258 e. The summed E-state index contributed by atoms with van der Waals surface area (Å²) in [5.41, 5.74) is 2.90. The molecule has 0 fully saturated rings. The summed E-state index contributed by atoms with van der Waals surface area (Å²) in [4.78, 5) is 16.4. The molecule has 0 bridgehead atoms. The van der Waals surface area contributed by atoms with Crippen molar-refractivity contribution in [1.82, 2.24) is 10.1 Å². The topological polar surface area (TPSA) is 76.2 Å². The molecule has 5 nitrogen and oxygen atoms in total. The summed E-state index contributed by atoms with van der Waals surface area (Å²) in [5, 5.41) is 13.1. The lowest BCUT2D eigenvalue weighted by Crippen LogP contribution is -2.00. The van der Waals surface area contributed by atoms with Gasteiger partial charge in [-0.2, -0.15) is 4.98 Å². The second-order valence-electron chi connectivity index (χ2n) is 6.09. The largest absolute Gasteiger partial charge is 0.505 e. The van der Waals surface area contributed by atoms with Gasteiger partial charge in [0.2, 0.25) is 5.82 Å². The van der Waals surface area contributed by atoms with Gasteiger partial charge >= 0.3 is 0 Å². The van der Waals surface area contributed by atoms with Crippen molar-refractivity contribution in [3.8, 4) is 28.6 Å². The van der Waals surface area contributed by atoms with Crippen LogP contribution in [0.3, 0.4) is 0 Å². The van der Waals surface area contributed by atoms with E-state index < -0.39 is 11.6 Å². The zero-order chi connectivity index (χ0) is 17.4. The van der Waals surface area contributed by atoms with Crippen molar-refractivity contribution in [2.24, 2.45) is 0 Å². The van der Waals surface area contributed by atoms with Crippen LogP contribution in [0.15, 0.2) is 40.9 Å². The molecule has 3 aromatic rings. The highest BCUT2D eigenvalue weighted by atomic mass is 19.1. The molecule has 1 heterocycles. The Morgan fingerprint density at radius 1 is 1.04 bits per heavy atom. The van der Waals surface area contributed by atoms with Gasteiger partial charge < -0.3 is 9.63 Å². The van der Waals surface area contributed by atoms with Gasteiger partial charge in [0, 0.05) is 23.1 Å². The number of ketones is 1. The van der Waals surface area contributed by atoms with Gasteiger partial charge in [-0.3, -0.25) is 4.79 Å². The fraction of sp³-hybridized carbons (Fsp3) is 0.211. The molecule has 25 heavy (non-hydrogen) atoms. The molecule has 1 aliphatic carbocycles. The molecule has 0 amide bonds. The van der Waals surface area contributed by atoms with Crippen molar-refractivity contribution in [1.29, 1.82) is 0 Å². The number of phenolic OH excluding ortho intramolecular Hbond substituents is 1. The first-order chi connectivity index (χ1) is 12.1. The molecule has 6 heteroatoms. The van der Waals surface area contributed by atoms with Crippen LogP contribution in [0.2, 0.25) is 0 Å². The number of carbonyl (C=O) groups excluding carboxylic acids is 1. The molecule has 0 spiro atoms. The SMILES string of the molecule is O=C1CCCCc2cc(-c3nc(-c4ccc(O)c(F)c4)no3)ccc21. The number of rotatable bonds is 2. The van der Waals surface area contributed by atoms with E-state index in [1.165, 1.54) is 12.1 Å². The average molecular weight is 338 g/mol. The van der Waals surface area contributed by atoms with Gasteiger partial charge in [-0.05, 0) is 55.2 Å². The Balaban J connectivity index is 1.69. The number of nitrogens with zero attached hydrogens (tertiary/aromatic N) is 2. The Morgan fingerprint density at radius 2 is 1.84 bits per heavy atom. The van der Waals surface area contributed by atoms with E-state index in [1.54, 1.807) is 6.07 Å². The number of fused-ring (bicyclic) bond motifs is 1. The van der Waals surface area contributed by atoms with E-state index >= 15 is 0 Å². The molecule has 0 saturated heterocycles. The number of hydrogen-bond acceptors (Lipinski definition) is 5. The number of hydrogen-bond donors (Lipinski definition) is 1. The number of aromatic nitrogens is 2. The second-order valence-corrected chi connectivity index (χ2v) is 6.09. The van der Waals surface area contributed by atoms with Crippen molar-refractivity contribution in [2.75, 3.05) is 0 Å². The van der Waals surface area contributed by atoms with Crippen molar-refractivity contribution >= 4 is 5.78 Å². The third-order valence-corrected chi connectivity index (χ3v) is 4.38. The molecule has 4 rings (SSSR count). The minimum Gasteiger partial charge on any atom is -0.505 e. The lowest BCUT2D eigenvalue weighted by Gasteiger charge is -2.05. The Hall–Kier alpha value is -3.02. The molecule has 0 atom stereocenters. The molecule has 0 aliphatic heterocycles. The summed E-state index contributed by atoms with van der Waals surface area (Å²) in [6, 6.07) is 9.42. The van der Waals surface area contributed by atoms with Gasteiger partial charge in [-0.25, -0.2) is 4.39 Å². The summed E-state index contributed by atoms with van der Waals surface area (Å²) < 4.78 is 18.8. The highest BCUT2D eigenvalue weighted by Crippen LogP contribution is 2.28. The van der Waals surface area contributed by atoms with Crippen LogP contribution >= 0.6 is 0 Å². The van der Waals surface area contributed by atoms with E-state index in [9.17, 15) is 14.3 Å². The second kappa shape index (κ2) is 6.12. The Labute approximate surface area is 143 Å². The zero-order valence-corrected chi connectivity index (χ0v) is 13.3. The Kier molecular flexibility index (Phi) is 3.80. The third kappa shape index (κ3) is 2.91. The van der Waals surface area contributed by atoms with Gasteiger partial charge in [0.25, 0.3) is 5.89 Å². The summed E-state index contributed by atoms with van der Waals surface area (Å²) in [6.45, 7) is 0. The minimum atomic E-state index is -0.743. The molecule has 0 saturated carbocycles. The minimum absolute atomic E-state index is 0.171. The van der Waals surface area contributed by atoms with Gasteiger partial charge in [0.15, 0.2) is 17.3 Å². The average Bonchev–Trinajstić information content (AvgIpc) is 3.03. The maximum absolute atomic E-state index is 13.5. The van der Waals surface area contributed by atoms with Gasteiger partial charge in [0.05, 0.1) is 0 Å². The predicted octanol–water partition coefficient (Wildman–Crippen LogP) is 4.16. The van der Waals surface area contributed by atoms with Crippen LogP contribution in [0.1, 0.15) is 35.2 Å². The molecular formula is C19H15FN2O3. The lowest BCUT2D eigenvalue weighted by molar-refractivity contribution is 0.0982. The molecule has 0 radical (unpaired) electrons. The molecule has 1 aliphatic rings. The summed E-state index contributed by atoms with van der Waals surface area (Å²) in [5.74, 6) is -0.456. The van der Waals surface area contributed by atoms with Crippen molar-refractivity contribution < 1.29 is 18.8 Å². The first-order valence-electron chi connectivity index (χ1n) is 8.11. The highest BCUT2D eigenvalue weighted by molar-refractivity contribution is 5.98. The van der Waals surface area contributed by atoms with E-state index in [4.69, 9.17) is 4.52 Å². The number of benzene rings is 2. The number of phenols is 1. The normalized spacial score (nSPS) is 14.2. The maximum atomic E-state index is 13.5. The van der Waals surface area contributed by atoms with Crippen LogP contribution in [0, 0.1) is 5.82 Å². The Bertz CT molecular complexity index is 965. The van der Waals surface area contributed by atoms with Crippen LogP contribution < -0.4 is 0 Å². The van der Waals surface area contributed by atoms with Crippen molar-refractivity contribution in [3.05, 3.63) is 53.3 Å². The summed E-state index contributed by atoms with van der Waals surface area (Å²) >= 11 is 0. The fourth-order valence-corrected chi connectivity index (χ4v) is 3.05. The lowest BCUT2D eigenvalue weighted by atomic mass is 9.99. The zero-order valence-electron chi connectivity index (χ0n) is 13.3. The molecule has 1 N–H and O–H groups in total. The summed E-state index contributed by atoms with van der Waals surface area (Å²) in [7, 11) is 0. The van der Waals surface area contributed by atoms with Gasteiger partial charge in [0.1, 0.15) is 0 Å². The third-order valence-electron chi connectivity index (χ3n) is 4.38. The molecule has 126 valence electrons. The molecule has 2 aromatic carbocycles. The van der Waals surface area contributed by atoms with Crippen molar-refractivity contribution in [3.63, 3.8) is 0 Å². The number of aryl methyl sites for hydroxylation is 1. The van der Waals surface area contributed by atoms with Gasteiger partial charge in [-0.15, -0.1) is 0 Å². The first kappa shape index (κ1) is 15.5. The standard InChI is InChI=1S/C19H15FN2O3/c20-15-10-12(6-8-17(15)24)18-21-19(25-22-18)13-5-7-14-11(9-13)3-1-2-4-16(14)23/h5-10,24H,1-4H2. The van der Waals surface area contributed by atoms with Crippen LogP contribution in [-0.2, 0) is 6.42 Å². The highest BCUT2D eigenvalue weighted by Gasteiger charge is 2.18. The van der Waals surface area contributed by atoms with Crippen LogP contribution in [0.4, 0.5) is 4.39 Å². The van der Waals surface area contributed by atoms with Crippen LogP contribution in [0.25, 0.3) is 22.8 Å². The van der Waals surface area contributed by atoms with Crippen molar-refractivity contribution in [2.45, 2.75) is 25.7 Å². The van der Waals surface area contributed by atoms with Crippen LogP contribution in [0.5, 0.6) is 5.75 Å². The monoisotopic (exact) mass is 338 g/mol. The van der Waals surface area contributed by atoms with E-state index in [0.717, 1.165) is 42.0 Å². The number of halogens is 1. The molecular weight excluding hydrogens is 323 g/mol. The molecule has 1 aromatic heterocycles. The predicted molar refractivity (Wildman–Crippen MR) is 88.7 cm³/mol. The number of aromatic hydroxyl groups is 1. The van der Waals surface area contributed by atoms with E-state index in [1.807, 2.05) is 12.1 Å². The maximum Gasteiger partial charge on any atom is 0.258 e. The molecule has 0 unspecified atom stereocenters. The van der Waals surface area contributed by atoms with Gasteiger partial charge in [-0.1, -0.05) is 11.2 Å². The fourth-order valence-electron chi connectivity index (χ4n) is 3.05.